The van der Waals surface area contributed by atoms with Crippen LogP contribution in [0.5, 0.6) is 0 Å². The molecule has 1 aromatic carbocycles. The first-order chi connectivity index (χ1) is 10.2. The Morgan fingerprint density at radius 3 is 2.76 bits per heavy atom. The Labute approximate surface area is 121 Å². The third-order valence-electron chi connectivity index (χ3n) is 2.38. The molecule has 21 heavy (non-hydrogen) atoms. The lowest BCUT2D eigenvalue weighted by Gasteiger charge is -2.07. The molecule has 0 saturated carbocycles. The maximum Gasteiger partial charge on any atom is 0.330 e. The van der Waals surface area contributed by atoms with Crippen molar-refractivity contribution >= 4 is 23.6 Å². The summed E-state index contributed by atoms with van der Waals surface area (Å²) in [4.78, 5) is 23.3. The van der Waals surface area contributed by atoms with Gasteiger partial charge >= 0.3 is 5.97 Å². The number of carbonyl (C=O) groups excluding carboxylic acids is 1. The molecule has 0 spiro atoms. The maximum absolute atomic E-state index is 11.3. The largest absolute Gasteiger partial charge is 0.454 e. The van der Waals surface area contributed by atoms with E-state index >= 15 is 0 Å². The summed E-state index contributed by atoms with van der Waals surface area (Å²) >= 11 is 0. The molecule has 0 atom stereocenters. The number of ether oxygens (including phenoxy) is 1. The highest BCUT2D eigenvalue weighted by Gasteiger charge is 2.07. The van der Waals surface area contributed by atoms with E-state index in [9.17, 15) is 4.79 Å². The second kappa shape index (κ2) is 6.99. The zero-order chi connectivity index (χ0) is 15.1. The van der Waals surface area contributed by atoms with Crippen LogP contribution in [0.4, 0.5) is 17.6 Å². The molecule has 1 heterocycles. The molecule has 0 radical (unpaired) electrons. The molecule has 7 heteroatoms. The fourth-order valence-corrected chi connectivity index (χ4v) is 1.53. The van der Waals surface area contributed by atoms with Gasteiger partial charge in [0.25, 0.3) is 0 Å². The van der Waals surface area contributed by atoms with E-state index in [0.717, 1.165) is 5.69 Å². The van der Waals surface area contributed by atoms with Gasteiger partial charge < -0.3 is 15.8 Å². The summed E-state index contributed by atoms with van der Waals surface area (Å²) in [6.07, 6.45) is 2.90. The normalized spacial score (nSPS) is 10.5. The highest BCUT2D eigenvalue weighted by Crippen LogP contribution is 2.12. The molecule has 108 valence electrons. The van der Waals surface area contributed by atoms with Crippen LogP contribution >= 0.6 is 0 Å². The van der Waals surface area contributed by atoms with Crippen molar-refractivity contribution in [3.05, 3.63) is 48.3 Å². The van der Waals surface area contributed by atoms with Gasteiger partial charge in [-0.15, -0.1) is 0 Å². The predicted molar refractivity (Wildman–Crippen MR) is 78.6 cm³/mol. The molecule has 3 N–H and O–H groups in total. The number of aromatic nitrogens is 3. The minimum absolute atomic E-state index is 0.0560. The van der Waals surface area contributed by atoms with Gasteiger partial charge in [0.2, 0.25) is 11.9 Å². The van der Waals surface area contributed by atoms with Crippen LogP contribution in [0.25, 0.3) is 0 Å². The van der Waals surface area contributed by atoms with Crippen molar-refractivity contribution in [3.8, 4) is 0 Å². The molecule has 0 aliphatic rings. The Morgan fingerprint density at radius 1 is 1.29 bits per heavy atom. The van der Waals surface area contributed by atoms with E-state index in [1.807, 2.05) is 30.3 Å². The number of nitrogen functional groups attached to an aromatic ring is 1. The molecule has 0 saturated heterocycles. The van der Waals surface area contributed by atoms with E-state index in [1.165, 1.54) is 6.08 Å². The third kappa shape index (κ3) is 4.57. The second-order valence-corrected chi connectivity index (χ2v) is 4.03. The van der Waals surface area contributed by atoms with Crippen molar-refractivity contribution < 1.29 is 9.53 Å². The van der Waals surface area contributed by atoms with Gasteiger partial charge in [0.15, 0.2) is 12.4 Å². The monoisotopic (exact) mass is 285 g/mol. The van der Waals surface area contributed by atoms with Crippen LogP contribution in [0.3, 0.4) is 0 Å². The Hall–Kier alpha value is -2.96. The minimum Gasteiger partial charge on any atom is -0.454 e. The zero-order valence-corrected chi connectivity index (χ0v) is 11.5. The average molecular weight is 285 g/mol. The van der Waals surface area contributed by atoms with Gasteiger partial charge in [-0.2, -0.15) is 15.0 Å². The van der Waals surface area contributed by atoms with Gasteiger partial charge in [-0.3, -0.25) is 0 Å². The summed E-state index contributed by atoms with van der Waals surface area (Å²) in [6, 6.07) is 9.40. The molecular formula is C14H15N5O2. The smallest absolute Gasteiger partial charge is 0.330 e. The van der Waals surface area contributed by atoms with Crippen molar-refractivity contribution in [2.24, 2.45) is 0 Å². The molecule has 2 rings (SSSR count). The van der Waals surface area contributed by atoms with E-state index in [4.69, 9.17) is 10.5 Å². The van der Waals surface area contributed by atoms with Crippen molar-refractivity contribution in [3.63, 3.8) is 0 Å². The highest BCUT2D eigenvalue weighted by molar-refractivity contribution is 5.81. The molecule has 0 unspecified atom stereocenters. The molecule has 0 aliphatic heterocycles. The van der Waals surface area contributed by atoms with Gasteiger partial charge in [-0.25, -0.2) is 4.79 Å². The summed E-state index contributed by atoms with van der Waals surface area (Å²) in [5.41, 5.74) is 6.44. The van der Waals surface area contributed by atoms with E-state index in [-0.39, 0.29) is 18.4 Å². The fraction of sp³-hybridized carbons (Fsp3) is 0.143. The Kier molecular flexibility index (Phi) is 4.81. The molecule has 0 fully saturated rings. The van der Waals surface area contributed by atoms with Crippen molar-refractivity contribution in [1.82, 2.24) is 15.0 Å². The quantitative estimate of drug-likeness (QED) is 0.638. The summed E-state index contributed by atoms with van der Waals surface area (Å²) in [5.74, 6) is 0.166. The van der Waals surface area contributed by atoms with Gasteiger partial charge in [-0.1, -0.05) is 24.3 Å². The molecule has 7 nitrogen and oxygen atoms in total. The van der Waals surface area contributed by atoms with Crippen molar-refractivity contribution in [1.29, 1.82) is 0 Å². The van der Waals surface area contributed by atoms with Crippen molar-refractivity contribution in [2.45, 2.75) is 13.5 Å². The first-order valence-corrected chi connectivity index (χ1v) is 6.29. The Balaban J connectivity index is 2.08. The van der Waals surface area contributed by atoms with Gasteiger partial charge in [-0.05, 0) is 19.1 Å². The second-order valence-electron chi connectivity index (χ2n) is 4.03. The average Bonchev–Trinajstić information content (AvgIpc) is 2.46. The highest BCUT2D eigenvalue weighted by atomic mass is 16.5. The number of rotatable bonds is 5. The van der Waals surface area contributed by atoms with Crippen molar-refractivity contribution in [2.75, 3.05) is 11.1 Å². The number of hydrogen-bond donors (Lipinski definition) is 2. The van der Waals surface area contributed by atoms with Gasteiger partial charge in [0, 0.05) is 11.8 Å². The van der Waals surface area contributed by atoms with E-state index in [0.29, 0.717) is 5.95 Å². The van der Waals surface area contributed by atoms with E-state index < -0.39 is 5.97 Å². The SMILES string of the molecule is C/C=C/C(=O)OCc1nc(N)nc(Nc2ccccc2)n1. The van der Waals surface area contributed by atoms with E-state index in [1.54, 1.807) is 13.0 Å². The summed E-state index contributed by atoms with van der Waals surface area (Å²) in [5, 5.41) is 3.00. The lowest BCUT2D eigenvalue weighted by molar-refractivity contribution is -0.139. The standard InChI is InChI=1S/C14H15N5O2/c1-2-6-12(20)21-9-11-17-13(15)19-14(18-11)16-10-7-4-3-5-8-10/h2-8H,9H2,1H3,(H3,15,16,17,18,19)/b6-2+. The number of benzene rings is 1. The molecule has 0 amide bonds. The lowest BCUT2D eigenvalue weighted by atomic mass is 10.3. The Morgan fingerprint density at radius 2 is 2.05 bits per heavy atom. The van der Waals surface area contributed by atoms with E-state index in [2.05, 4.69) is 20.3 Å². The summed E-state index contributed by atoms with van der Waals surface area (Å²) < 4.78 is 4.97. The van der Waals surface area contributed by atoms with Crippen LogP contribution in [0.1, 0.15) is 12.7 Å². The van der Waals surface area contributed by atoms with Crippen LogP contribution in [0, 0.1) is 0 Å². The number of para-hydroxylation sites is 1. The van der Waals surface area contributed by atoms with Gasteiger partial charge in [0.1, 0.15) is 0 Å². The number of esters is 1. The number of carbonyl (C=O) groups is 1. The molecule has 2 aromatic rings. The fourth-order valence-electron chi connectivity index (χ4n) is 1.53. The molecule has 1 aromatic heterocycles. The molecule has 0 bridgehead atoms. The molecule has 0 aliphatic carbocycles. The lowest BCUT2D eigenvalue weighted by Crippen LogP contribution is -2.10. The first kappa shape index (κ1) is 14.4. The van der Waals surface area contributed by atoms with Gasteiger partial charge in [0.05, 0.1) is 0 Å². The third-order valence-corrected chi connectivity index (χ3v) is 2.38. The zero-order valence-electron chi connectivity index (χ0n) is 11.5. The number of allylic oxidation sites excluding steroid dienone is 1. The number of anilines is 3. The first-order valence-electron chi connectivity index (χ1n) is 6.29. The topological polar surface area (TPSA) is 103 Å². The van der Waals surface area contributed by atoms with Crippen LogP contribution in [-0.2, 0) is 16.1 Å². The van der Waals surface area contributed by atoms with Crippen LogP contribution in [-0.4, -0.2) is 20.9 Å². The predicted octanol–water partition coefficient (Wildman–Crippen LogP) is 1.82. The number of nitrogens with one attached hydrogen (secondary N) is 1. The number of hydrogen-bond acceptors (Lipinski definition) is 7. The maximum atomic E-state index is 11.3. The Bertz CT molecular complexity index is 643. The van der Waals surface area contributed by atoms with Crippen LogP contribution in [0.15, 0.2) is 42.5 Å². The molecular weight excluding hydrogens is 270 g/mol. The minimum atomic E-state index is -0.464. The number of nitrogens with two attached hydrogens (primary N) is 1. The number of nitrogens with zero attached hydrogens (tertiary/aromatic N) is 3. The summed E-state index contributed by atoms with van der Waals surface area (Å²) in [6.45, 7) is 1.66. The summed E-state index contributed by atoms with van der Waals surface area (Å²) in [7, 11) is 0. The van der Waals surface area contributed by atoms with Crippen LogP contribution in [0.2, 0.25) is 0 Å². The van der Waals surface area contributed by atoms with Crippen LogP contribution < -0.4 is 11.1 Å².